The van der Waals surface area contributed by atoms with Crippen LogP contribution >= 0.6 is 11.8 Å². The van der Waals surface area contributed by atoms with Gasteiger partial charge in [0.15, 0.2) is 0 Å². The van der Waals surface area contributed by atoms with E-state index in [-0.39, 0.29) is 0 Å². The molecule has 16 heavy (non-hydrogen) atoms. The van der Waals surface area contributed by atoms with Gasteiger partial charge in [0.25, 0.3) is 0 Å². The first-order valence-electron chi connectivity index (χ1n) is 7.03. The molecule has 1 aliphatic rings. The number of hydrogen-bond acceptors (Lipinski definition) is 2. The third kappa shape index (κ3) is 6.15. The van der Waals surface area contributed by atoms with E-state index in [2.05, 4.69) is 37.8 Å². The standard InChI is InChI=1S/C14H29NS/c1-4-16-9-8-13(3)15-11-14-7-5-6-12(2)10-14/h12-15H,4-11H2,1-3H3. The van der Waals surface area contributed by atoms with Gasteiger partial charge in [-0.25, -0.2) is 0 Å². The Labute approximate surface area is 106 Å². The maximum absolute atomic E-state index is 3.72. The highest BCUT2D eigenvalue weighted by molar-refractivity contribution is 7.99. The second-order valence-electron chi connectivity index (χ2n) is 5.43. The van der Waals surface area contributed by atoms with E-state index in [9.17, 15) is 0 Å². The third-order valence-corrected chi connectivity index (χ3v) is 4.63. The summed E-state index contributed by atoms with van der Waals surface area (Å²) in [6, 6.07) is 0.705. The predicted octanol–water partition coefficient (Wildman–Crippen LogP) is 3.93. The SMILES string of the molecule is CCSCCC(C)NCC1CCCC(C)C1. The molecule has 0 spiro atoms. The molecule has 0 aromatic rings. The molecule has 1 fully saturated rings. The summed E-state index contributed by atoms with van der Waals surface area (Å²) in [5.74, 6) is 4.48. The molecule has 1 aliphatic carbocycles. The first kappa shape index (κ1) is 14.4. The first-order valence-corrected chi connectivity index (χ1v) is 8.19. The van der Waals surface area contributed by atoms with Crippen molar-refractivity contribution in [1.29, 1.82) is 0 Å². The lowest BCUT2D eigenvalue weighted by Crippen LogP contribution is -2.33. The molecular formula is C14H29NS. The summed E-state index contributed by atoms with van der Waals surface area (Å²) in [6.07, 6.45) is 7.13. The van der Waals surface area contributed by atoms with Gasteiger partial charge in [0.2, 0.25) is 0 Å². The van der Waals surface area contributed by atoms with Crippen molar-refractivity contribution in [2.45, 2.75) is 58.9 Å². The Morgan fingerprint density at radius 2 is 2.19 bits per heavy atom. The van der Waals surface area contributed by atoms with Crippen LogP contribution in [-0.2, 0) is 0 Å². The molecule has 96 valence electrons. The minimum Gasteiger partial charge on any atom is -0.314 e. The Morgan fingerprint density at radius 1 is 1.38 bits per heavy atom. The molecule has 3 unspecified atom stereocenters. The van der Waals surface area contributed by atoms with E-state index in [1.54, 1.807) is 0 Å². The summed E-state index contributed by atoms with van der Waals surface area (Å²) in [5, 5.41) is 3.72. The highest BCUT2D eigenvalue weighted by atomic mass is 32.2. The second-order valence-corrected chi connectivity index (χ2v) is 6.83. The average molecular weight is 243 g/mol. The Hall–Kier alpha value is 0.310. The van der Waals surface area contributed by atoms with Gasteiger partial charge < -0.3 is 5.32 Å². The highest BCUT2D eigenvalue weighted by Crippen LogP contribution is 2.28. The van der Waals surface area contributed by atoms with E-state index < -0.39 is 0 Å². The maximum Gasteiger partial charge on any atom is 0.00466 e. The minimum atomic E-state index is 0.705. The van der Waals surface area contributed by atoms with Crippen LogP contribution in [0.4, 0.5) is 0 Å². The van der Waals surface area contributed by atoms with E-state index >= 15 is 0 Å². The van der Waals surface area contributed by atoms with Gasteiger partial charge in [-0.15, -0.1) is 0 Å². The molecule has 0 amide bonds. The quantitative estimate of drug-likeness (QED) is 0.680. The molecule has 0 aromatic carbocycles. The molecule has 0 saturated heterocycles. The molecule has 3 atom stereocenters. The maximum atomic E-state index is 3.72. The van der Waals surface area contributed by atoms with Gasteiger partial charge in [-0.2, -0.15) is 11.8 Å². The van der Waals surface area contributed by atoms with Gasteiger partial charge in [0, 0.05) is 6.04 Å². The molecule has 1 nitrogen and oxygen atoms in total. The monoisotopic (exact) mass is 243 g/mol. The molecule has 0 heterocycles. The molecule has 1 N–H and O–H groups in total. The zero-order chi connectivity index (χ0) is 11.8. The van der Waals surface area contributed by atoms with Crippen molar-refractivity contribution in [3.63, 3.8) is 0 Å². The van der Waals surface area contributed by atoms with E-state index in [1.807, 2.05) is 0 Å². The zero-order valence-corrected chi connectivity index (χ0v) is 12.1. The summed E-state index contributed by atoms with van der Waals surface area (Å²) in [4.78, 5) is 0. The largest absolute Gasteiger partial charge is 0.314 e. The summed E-state index contributed by atoms with van der Waals surface area (Å²) in [6.45, 7) is 8.24. The smallest absolute Gasteiger partial charge is 0.00466 e. The molecule has 2 heteroatoms. The third-order valence-electron chi connectivity index (χ3n) is 3.70. The van der Waals surface area contributed by atoms with E-state index in [1.165, 1.54) is 50.2 Å². The van der Waals surface area contributed by atoms with Crippen LogP contribution in [-0.4, -0.2) is 24.1 Å². The normalized spacial score (nSPS) is 27.9. The van der Waals surface area contributed by atoms with Crippen molar-refractivity contribution in [1.82, 2.24) is 5.32 Å². The number of nitrogens with one attached hydrogen (secondary N) is 1. The molecule has 0 radical (unpaired) electrons. The summed E-state index contributed by atoms with van der Waals surface area (Å²) in [5.41, 5.74) is 0. The van der Waals surface area contributed by atoms with E-state index in [0.29, 0.717) is 6.04 Å². The lowest BCUT2D eigenvalue weighted by molar-refractivity contribution is 0.267. The Kier molecular flexibility index (Phi) is 7.55. The fourth-order valence-electron chi connectivity index (χ4n) is 2.62. The predicted molar refractivity (Wildman–Crippen MR) is 76.2 cm³/mol. The zero-order valence-electron chi connectivity index (χ0n) is 11.3. The Balaban J connectivity index is 2.04. The molecule has 0 aromatic heterocycles. The van der Waals surface area contributed by atoms with Crippen molar-refractivity contribution in [3.05, 3.63) is 0 Å². The molecule has 1 rings (SSSR count). The average Bonchev–Trinajstić information content (AvgIpc) is 2.27. The number of hydrogen-bond donors (Lipinski definition) is 1. The van der Waals surface area contributed by atoms with Crippen molar-refractivity contribution < 1.29 is 0 Å². The Morgan fingerprint density at radius 3 is 2.88 bits per heavy atom. The summed E-state index contributed by atoms with van der Waals surface area (Å²) >= 11 is 2.06. The van der Waals surface area contributed by atoms with Crippen LogP contribution in [0.1, 0.15) is 52.9 Å². The van der Waals surface area contributed by atoms with Gasteiger partial charge in [-0.3, -0.25) is 0 Å². The number of rotatable bonds is 7. The van der Waals surface area contributed by atoms with Crippen LogP contribution < -0.4 is 5.32 Å². The minimum absolute atomic E-state index is 0.705. The van der Waals surface area contributed by atoms with Gasteiger partial charge in [-0.05, 0) is 56.1 Å². The summed E-state index contributed by atoms with van der Waals surface area (Å²) < 4.78 is 0. The topological polar surface area (TPSA) is 12.0 Å². The van der Waals surface area contributed by atoms with Gasteiger partial charge >= 0.3 is 0 Å². The summed E-state index contributed by atoms with van der Waals surface area (Å²) in [7, 11) is 0. The highest BCUT2D eigenvalue weighted by Gasteiger charge is 2.18. The molecular weight excluding hydrogens is 214 g/mol. The van der Waals surface area contributed by atoms with Gasteiger partial charge in [0.1, 0.15) is 0 Å². The van der Waals surface area contributed by atoms with Crippen LogP contribution in [0.25, 0.3) is 0 Å². The van der Waals surface area contributed by atoms with Crippen LogP contribution in [0, 0.1) is 11.8 Å². The lowest BCUT2D eigenvalue weighted by Gasteiger charge is -2.28. The van der Waals surface area contributed by atoms with E-state index in [4.69, 9.17) is 0 Å². The Bertz CT molecular complexity index is 172. The van der Waals surface area contributed by atoms with Crippen LogP contribution in [0.3, 0.4) is 0 Å². The van der Waals surface area contributed by atoms with Gasteiger partial charge in [-0.1, -0.05) is 26.7 Å². The van der Waals surface area contributed by atoms with Crippen molar-refractivity contribution >= 4 is 11.8 Å². The number of thioether (sulfide) groups is 1. The van der Waals surface area contributed by atoms with E-state index in [0.717, 1.165) is 11.8 Å². The van der Waals surface area contributed by atoms with Crippen LogP contribution in [0.5, 0.6) is 0 Å². The van der Waals surface area contributed by atoms with Gasteiger partial charge in [0.05, 0.1) is 0 Å². The first-order chi connectivity index (χ1) is 7.72. The lowest BCUT2D eigenvalue weighted by atomic mass is 9.82. The molecule has 0 bridgehead atoms. The van der Waals surface area contributed by atoms with Crippen molar-refractivity contribution in [2.24, 2.45) is 11.8 Å². The fraction of sp³-hybridized carbons (Fsp3) is 1.00. The van der Waals surface area contributed by atoms with Crippen LogP contribution in [0.2, 0.25) is 0 Å². The van der Waals surface area contributed by atoms with Crippen molar-refractivity contribution in [2.75, 3.05) is 18.1 Å². The fourth-order valence-corrected chi connectivity index (χ4v) is 3.43. The second kappa shape index (κ2) is 8.41. The molecule has 0 aliphatic heterocycles. The van der Waals surface area contributed by atoms with Crippen molar-refractivity contribution in [3.8, 4) is 0 Å². The van der Waals surface area contributed by atoms with Crippen LogP contribution in [0.15, 0.2) is 0 Å². The molecule has 1 saturated carbocycles.